The van der Waals surface area contributed by atoms with E-state index < -0.39 is 16.5 Å². The molecule has 0 bridgehead atoms. The lowest BCUT2D eigenvalue weighted by Crippen LogP contribution is -2.43. The maximum absolute atomic E-state index is 14.3. The lowest BCUT2D eigenvalue weighted by Gasteiger charge is -2.30. The molecular formula is C31H30N6O6S2. The first-order valence-corrected chi connectivity index (χ1v) is 15.6. The molecule has 12 nitrogen and oxygen atoms in total. The molecule has 1 aliphatic heterocycles. The van der Waals surface area contributed by atoms with Crippen LogP contribution in [0.15, 0.2) is 86.0 Å². The van der Waals surface area contributed by atoms with Crippen LogP contribution in [0.5, 0.6) is 11.5 Å². The molecule has 0 saturated carbocycles. The molecule has 14 heteroatoms. The highest BCUT2D eigenvalue weighted by molar-refractivity contribution is 7.99. The van der Waals surface area contributed by atoms with Gasteiger partial charge in [0.25, 0.3) is 17.2 Å². The Kier molecular flexibility index (Phi) is 9.44. The Labute approximate surface area is 266 Å². The van der Waals surface area contributed by atoms with Gasteiger partial charge < -0.3 is 14.4 Å². The monoisotopic (exact) mass is 646 g/mol. The number of benzene rings is 2. The zero-order valence-electron chi connectivity index (χ0n) is 25.2. The predicted molar refractivity (Wildman–Crippen MR) is 170 cm³/mol. The fraction of sp³-hybridized carbons (Fsp3) is 0.258. The van der Waals surface area contributed by atoms with Gasteiger partial charge in [0.05, 0.1) is 34.9 Å². The molecule has 0 spiro atoms. The van der Waals surface area contributed by atoms with Gasteiger partial charge in [-0.2, -0.15) is 0 Å². The summed E-state index contributed by atoms with van der Waals surface area (Å²) in [5.41, 5.74) is 1.28. The van der Waals surface area contributed by atoms with Crippen LogP contribution in [0.25, 0.3) is 6.08 Å². The summed E-state index contributed by atoms with van der Waals surface area (Å²) in [6, 6.07) is 10.5. The molecule has 0 unspecified atom stereocenters. The first kappa shape index (κ1) is 31.6. The average Bonchev–Trinajstić information content (AvgIpc) is 3.35. The molecule has 0 aliphatic carbocycles. The van der Waals surface area contributed by atoms with E-state index in [9.17, 15) is 19.7 Å². The Morgan fingerprint density at radius 2 is 1.87 bits per heavy atom. The summed E-state index contributed by atoms with van der Waals surface area (Å²) in [5, 5.41) is 12.1. The number of nitro groups is 1. The number of ether oxygens (including phenoxy) is 2. The van der Waals surface area contributed by atoms with Crippen molar-refractivity contribution in [1.29, 1.82) is 0 Å². The van der Waals surface area contributed by atoms with Crippen LogP contribution in [0, 0.1) is 10.1 Å². The van der Waals surface area contributed by atoms with Crippen molar-refractivity contribution in [2.45, 2.75) is 36.9 Å². The zero-order chi connectivity index (χ0) is 32.2. The predicted octanol–water partition coefficient (Wildman–Crippen LogP) is 3.97. The second-order valence-corrected chi connectivity index (χ2v) is 11.8. The average molecular weight is 647 g/mol. The zero-order valence-corrected chi connectivity index (χ0v) is 26.8. The quantitative estimate of drug-likeness (QED) is 0.142. The van der Waals surface area contributed by atoms with Crippen molar-refractivity contribution in [3.05, 3.63) is 107 Å². The molecule has 1 atom stereocenters. The number of thiazole rings is 1. The van der Waals surface area contributed by atoms with Crippen LogP contribution in [0.4, 0.5) is 5.69 Å². The van der Waals surface area contributed by atoms with Crippen LogP contribution in [0.2, 0.25) is 0 Å². The number of non-ortho nitro benzene ring substituents is 1. The van der Waals surface area contributed by atoms with E-state index in [0.717, 1.165) is 11.3 Å². The van der Waals surface area contributed by atoms with Gasteiger partial charge in [0, 0.05) is 48.1 Å². The highest BCUT2D eigenvalue weighted by Crippen LogP contribution is 2.38. The SMILES string of the molecule is CCN(CC)C(=O)C1=C(C)N=c2s/c(=C\c3cc([N+](=O)[O-])ccc3Sc3ncccn3)c(=O)n2[C@H]1c1cc(OC)ccc1OC. The van der Waals surface area contributed by atoms with Crippen LogP contribution in [-0.4, -0.2) is 57.6 Å². The van der Waals surface area contributed by atoms with Crippen LogP contribution >= 0.6 is 23.1 Å². The van der Waals surface area contributed by atoms with Crippen molar-refractivity contribution in [2.75, 3.05) is 27.3 Å². The number of aromatic nitrogens is 3. The van der Waals surface area contributed by atoms with Gasteiger partial charge in [-0.05, 0) is 74.5 Å². The largest absolute Gasteiger partial charge is 0.497 e. The number of nitro benzene ring substituents is 1. The van der Waals surface area contributed by atoms with Gasteiger partial charge in [-0.15, -0.1) is 0 Å². The van der Waals surface area contributed by atoms with E-state index in [2.05, 4.69) is 9.97 Å². The van der Waals surface area contributed by atoms with Crippen molar-refractivity contribution >= 4 is 40.8 Å². The fourth-order valence-electron chi connectivity index (χ4n) is 5.06. The summed E-state index contributed by atoms with van der Waals surface area (Å²) in [5.74, 6) is 0.749. The second kappa shape index (κ2) is 13.4. The third-order valence-electron chi connectivity index (χ3n) is 7.27. The number of hydrogen-bond acceptors (Lipinski definition) is 11. The molecule has 1 aliphatic rings. The van der Waals surface area contributed by atoms with Gasteiger partial charge in [0.2, 0.25) is 0 Å². The van der Waals surface area contributed by atoms with Crippen molar-refractivity contribution in [3.8, 4) is 11.5 Å². The molecule has 0 radical (unpaired) electrons. The highest BCUT2D eigenvalue weighted by Gasteiger charge is 2.36. The molecule has 0 fully saturated rings. The minimum atomic E-state index is -0.877. The first-order valence-electron chi connectivity index (χ1n) is 14.0. The fourth-order valence-corrected chi connectivity index (χ4v) is 6.89. The number of likely N-dealkylation sites (N-methyl/N-ethyl adjacent to an activating group) is 1. The number of allylic oxidation sites excluding steroid dienone is 1. The molecule has 232 valence electrons. The van der Waals surface area contributed by atoms with E-state index in [0.29, 0.717) is 61.8 Å². The van der Waals surface area contributed by atoms with Gasteiger partial charge in [0.15, 0.2) is 9.96 Å². The Morgan fingerprint density at radius 3 is 2.51 bits per heavy atom. The molecule has 4 aromatic rings. The Bertz CT molecular complexity index is 1990. The smallest absolute Gasteiger partial charge is 0.271 e. The van der Waals surface area contributed by atoms with Gasteiger partial charge in [0.1, 0.15) is 17.5 Å². The normalized spacial score (nSPS) is 14.5. The van der Waals surface area contributed by atoms with Crippen molar-refractivity contribution < 1.29 is 19.2 Å². The molecule has 2 aromatic heterocycles. The number of carbonyl (C=O) groups excluding carboxylic acids is 1. The van der Waals surface area contributed by atoms with Crippen LogP contribution in [0.1, 0.15) is 37.9 Å². The summed E-state index contributed by atoms with van der Waals surface area (Å²) in [7, 11) is 3.06. The standard InChI is InChI=1S/C31H30N6O6S2/c1-6-35(7-2)29(39)26-18(3)34-31-36(27(26)22-17-21(42-4)10-11-23(22)43-5)28(38)25(45-31)16-19-15-20(37(40)41)9-12-24(19)44-30-32-13-8-14-33-30/h8-17,27H,6-7H2,1-5H3/b25-16-/t27-/m0/s1. The van der Waals surface area contributed by atoms with E-state index in [4.69, 9.17) is 14.5 Å². The van der Waals surface area contributed by atoms with E-state index in [1.54, 1.807) is 60.6 Å². The summed E-state index contributed by atoms with van der Waals surface area (Å²) >= 11 is 2.35. The third-order valence-corrected chi connectivity index (χ3v) is 9.24. The van der Waals surface area contributed by atoms with Gasteiger partial charge in [-0.1, -0.05) is 11.3 Å². The lowest BCUT2D eigenvalue weighted by atomic mass is 9.93. The summed E-state index contributed by atoms with van der Waals surface area (Å²) < 4.78 is 13.0. The molecule has 2 aromatic carbocycles. The van der Waals surface area contributed by atoms with Gasteiger partial charge >= 0.3 is 0 Å². The number of nitrogens with zero attached hydrogens (tertiary/aromatic N) is 6. The number of rotatable bonds is 10. The topological polar surface area (TPSA) is 142 Å². The number of carbonyl (C=O) groups is 1. The van der Waals surface area contributed by atoms with E-state index >= 15 is 0 Å². The second-order valence-electron chi connectivity index (χ2n) is 9.78. The molecule has 5 rings (SSSR count). The third kappa shape index (κ3) is 6.24. The maximum Gasteiger partial charge on any atom is 0.271 e. The maximum atomic E-state index is 14.3. The highest BCUT2D eigenvalue weighted by atomic mass is 32.2. The Morgan fingerprint density at radius 1 is 1.13 bits per heavy atom. The van der Waals surface area contributed by atoms with Gasteiger partial charge in [-0.3, -0.25) is 24.3 Å². The van der Waals surface area contributed by atoms with Crippen molar-refractivity contribution in [3.63, 3.8) is 0 Å². The summed E-state index contributed by atoms with van der Waals surface area (Å²) in [6.07, 6.45) is 4.81. The molecule has 0 N–H and O–H groups in total. The number of fused-ring (bicyclic) bond motifs is 1. The molecule has 45 heavy (non-hydrogen) atoms. The Hall–Kier alpha value is -4.82. The summed E-state index contributed by atoms with van der Waals surface area (Å²) in [4.78, 5) is 55.4. The van der Waals surface area contributed by atoms with E-state index in [1.807, 2.05) is 13.8 Å². The minimum absolute atomic E-state index is 0.130. The number of methoxy groups -OCH3 is 2. The van der Waals surface area contributed by atoms with Crippen molar-refractivity contribution in [1.82, 2.24) is 19.4 Å². The molecule has 0 saturated heterocycles. The van der Waals surface area contributed by atoms with Crippen LogP contribution in [-0.2, 0) is 4.79 Å². The van der Waals surface area contributed by atoms with E-state index in [1.165, 1.54) is 42.7 Å². The summed E-state index contributed by atoms with van der Waals surface area (Å²) in [6.45, 7) is 6.47. The molecule has 3 heterocycles. The Balaban J connectivity index is 1.76. The first-order chi connectivity index (χ1) is 21.7. The van der Waals surface area contributed by atoms with E-state index in [-0.39, 0.29) is 16.1 Å². The van der Waals surface area contributed by atoms with Crippen LogP contribution in [0.3, 0.4) is 0 Å². The molecular weight excluding hydrogens is 617 g/mol. The van der Waals surface area contributed by atoms with Gasteiger partial charge in [-0.25, -0.2) is 15.0 Å². The van der Waals surface area contributed by atoms with Crippen molar-refractivity contribution in [2.24, 2.45) is 4.99 Å². The number of amides is 1. The lowest BCUT2D eigenvalue weighted by molar-refractivity contribution is -0.384. The number of hydrogen-bond donors (Lipinski definition) is 0. The molecule has 1 amide bonds. The minimum Gasteiger partial charge on any atom is -0.497 e. The van der Waals surface area contributed by atoms with Crippen LogP contribution < -0.4 is 24.4 Å².